The number of hydrogen-bond acceptors (Lipinski definition) is 3. The van der Waals surface area contributed by atoms with E-state index in [4.69, 9.17) is 9.47 Å². The highest BCUT2D eigenvalue weighted by atomic mass is 16.6. The van der Waals surface area contributed by atoms with Gasteiger partial charge < -0.3 is 14.8 Å². The van der Waals surface area contributed by atoms with Gasteiger partial charge in [-0.1, -0.05) is 6.58 Å². The van der Waals surface area contributed by atoms with Crippen LogP contribution in [0.5, 0.6) is 0 Å². The highest BCUT2D eigenvalue weighted by molar-refractivity contribution is 5.14. The molecule has 3 nitrogen and oxygen atoms in total. The van der Waals surface area contributed by atoms with Gasteiger partial charge in [-0.15, -0.1) is 0 Å². The summed E-state index contributed by atoms with van der Waals surface area (Å²) in [5.74, 6) is 0. The van der Waals surface area contributed by atoms with Crippen molar-refractivity contribution in [2.45, 2.75) is 38.9 Å². The third-order valence-corrected chi connectivity index (χ3v) is 3.06. The molecule has 0 bridgehead atoms. The predicted octanol–water partition coefficient (Wildman–Crippen LogP) is 2.50. The van der Waals surface area contributed by atoms with Gasteiger partial charge in [0.2, 0.25) is 0 Å². The lowest BCUT2D eigenvalue weighted by Gasteiger charge is -2.40. The number of rotatable bonds is 7. The standard InChI is InChI=1S/C13H25NO2/c1-11(8-9-14-6)10-16-13(4,5)12(2,3)15-7/h8-9,14H,1,10H2,2-7H3/b9-8-. The van der Waals surface area contributed by atoms with Gasteiger partial charge in [0.15, 0.2) is 0 Å². The Balaban J connectivity index is 4.29. The third-order valence-electron chi connectivity index (χ3n) is 3.06. The lowest BCUT2D eigenvalue weighted by Crippen LogP contribution is -2.49. The van der Waals surface area contributed by atoms with E-state index in [-0.39, 0.29) is 11.2 Å². The molecule has 0 saturated carbocycles. The molecule has 0 spiro atoms. The minimum atomic E-state index is -0.363. The summed E-state index contributed by atoms with van der Waals surface area (Å²) < 4.78 is 11.3. The van der Waals surface area contributed by atoms with E-state index in [1.54, 1.807) is 7.11 Å². The average Bonchev–Trinajstić information content (AvgIpc) is 2.23. The van der Waals surface area contributed by atoms with E-state index in [0.717, 1.165) is 5.57 Å². The van der Waals surface area contributed by atoms with Crippen molar-refractivity contribution >= 4 is 0 Å². The maximum atomic E-state index is 5.84. The molecule has 3 heteroatoms. The zero-order valence-electron chi connectivity index (χ0n) is 11.4. The first-order chi connectivity index (χ1) is 7.27. The zero-order valence-corrected chi connectivity index (χ0v) is 11.4. The minimum Gasteiger partial charge on any atom is -0.394 e. The SMILES string of the molecule is C=C(/C=C\NC)COC(C)(C)C(C)(C)OC. The quantitative estimate of drug-likeness (QED) is 0.678. The Morgan fingerprint density at radius 1 is 1.25 bits per heavy atom. The molecule has 0 aliphatic rings. The maximum Gasteiger partial charge on any atom is 0.0913 e. The van der Waals surface area contributed by atoms with Crippen LogP contribution in [0.4, 0.5) is 0 Å². The van der Waals surface area contributed by atoms with Crippen molar-refractivity contribution in [3.63, 3.8) is 0 Å². The second-order valence-electron chi connectivity index (χ2n) is 4.79. The molecule has 0 atom stereocenters. The van der Waals surface area contributed by atoms with Gasteiger partial charge in [-0.3, -0.25) is 0 Å². The molecule has 0 aromatic carbocycles. The summed E-state index contributed by atoms with van der Waals surface area (Å²) in [6.45, 7) is 12.5. The minimum absolute atomic E-state index is 0.333. The number of methoxy groups -OCH3 is 1. The normalized spacial score (nSPS) is 13.1. The van der Waals surface area contributed by atoms with Crippen molar-refractivity contribution in [1.82, 2.24) is 5.32 Å². The molecule has 0 saturated heterocycles. The topological polar surface area (TPSA) is 30.5 Å². The summed E-state index contributed by atoms with van der Waals surface area (Å²) in [6, 6.07) is 0. The Morgan fingerprint density at radius 2 is 1.81 bits per heavy atom. The van der Waals surface area contributed by atoms with E-state index in [1.165, 1.54) is 0 Å². The molecule has 0 radical (unpaired) electrons. The van der Waals surface area contributed by atoms with Crippen LogP contribution in [-0.4, -0.2) is 32.0 Å². The monoisotopic (exact) mass is 227 g/mol. The van der Waals surface area contributed by atoms with Crippen molar-refractivity contribution in [2.24, 2.45) is 0 Å². The van der Waals surface area contributed by atoms with Crippen molar-refractivity contribution in [2.75, 3.05) is 20.8 Å². The molecule has 0 fully saturated rings. The molecule has 1 N–H and O–H groups in total. The summed E-state index contributed by atoms with van der Waals surface area (Å²) >= 11 is 0. The fraction of sp³-hybridized carbons (Fsp3) is 0.692. The summed E-state index contributed by atoms with van der Waals surface area (Å²) in [4.78, 5) is 0. The molecule has 94 valence electrons. The van der Waals surface area contributed by atoms with Crippen LogP contribution >= 0.6 is 0 Å². The molecule has 0 aliphatic carbocycles. The number of ether oxygens (including phenoxy) is 2. The lowest BCUT2D eigenvalue weighted by molar-refractivity contribution is -0.157. The fourth-order valence-electron chi connectivity index (χ4n) is 0.942. The molecule has 16 heavy (non-hydrogen) atoms. The van der Waals surface area contributed by atoms with Crippen LogP contribution in [0.15, 0.2) is 24.4 Å². The lowest BCUT2D eigenvalue weighted by atomic mass is 9.89. The van der Waals surface area contributed by atoms with Crippen molar-refractivity contribution < 1.29 is 9.47 Å². The predicted molar refractivity (Wildman–Crippen MR) is 68.5 cm³/mol. The molecule has 0 heterocycles. The Hall–Kier alpha value is -0.800. The van der Waals surface area contributed by atoms with Crippen molar-refractivity contribution in [1.29, 1.82) is 0 Å². The molecule has 0 unspecified atom stereocenters. The van der Waals surface area contributed by atoms with Gasteiger partial charge in [0.05, 0.1) is 17.8 Å². The van der Waals surface area contributed by atoms with Crippen LogP contribution < -0.4 is 5.32 Å². The Morgan fingerprint density at radius 3 is 2.25 bits per heavy atom. The number of nitrogens with one attached hydrogen (secondary N) is 1. The maximum absolute atomic E-state index is 5.84. The first-order valence-electron chi connectivity index (χ1n) is 5.47. The Bertz CT molecular complexity index is 255. The van der Waals surface area contributed by atoms with Crippen LogP contribution in [0.1, 0.15) is 27.7 Å². The molecule has 0 aromatic rings. The first kappa shape index (κ1) is 15.2. The Labute approximate surface area is 99.5 Å². The fourth-order valence-corrected chi connectivity index (χ4v) is 0.942. The van der Waals surface area contributed by atoms with Gasteiger partial charge in [0.25, 0.3) is 0 Å². The van der Waals surface area contributed by atoms with E-state index in [1.807, 2.05) is 47.0 Å². The summed E-state index contributed by atoms with van der Waals surface area (Å²) in [7, 11) is 3.55. The van der Waals surface area contributed by atoms with Gasteiger partial charge in [-0.2, -0.15) is 0 Å². The summed E-state index contributed by atoms with van der Waals surface area (Å²) in [6.07, 6.45) is 3.73. The average molecular weight is 227 g/mol. The molecule has 0 rings (SSSR count). The van der Waals surface area contributed by atoms with Crippen molar-refractivity contribution in [3.05, 3.63) is 24.4 Å². The van der Waals surface area contributed by atoms with Gasteiger partial charge in [-0.25, -0.2) is 0 Å². The molecule has 0 aromatic heterocycles. The van der Waals surface area contributed by atoms with E-state index in [0.29, 0.717) is 6.61 Å². The smallest absolute Gasteiger partial charge is 0.0913 e. The van der Waals surface area contributed by atoms with Crippen LogP contribution in [-0.2, 0) is 9.47 Å². The molecular weight excluding hydrogens is 202 g/mol. The van der Waals surface area contributed by atoms with Gasteiger partial charge >= 0.3 is 0 Å². The van der Waals surface area contributed by atoms with E-state index >= 15 is 0 Å². The van der Waals surface area contributed by atoms with Crippen molar-refractivity contribution in [3.8, 4) is 0 Å². The molecular formula is C13H25NO2. The van der Waals surface area contributed by atoms with Crippen LogP contribution in [0.25, 0.3) is 0 Å². The second kappa shape index (κ2) is 6.06. The Kier molecular flexibility index (Phi) is 5.76. The molecule has 0 aliphatic heterocycles. The summed E-state index contributed by atoms with van der Waals surface area (Å²) in [5.41, 5.74) is 0.229. The van der Waals surface area contributed by atoms with Gasteiger partial charge in [-0.05, 0) is 45.5 Å². The zero-order chi connectivity index (χ0) is 12.8. The highest BCUT2D eigenvalue weighted by Crippen LogP contribution is 2.28. The molecule has 0 amide bonds. The summed E-state index contributed by atoms with van der Waals surface area (Å²) in [5, 5.41) is 2.92. The van der Waals surface area contributed by atoms with Gasteiger partial charge in [0, 0.05) is 14.2 Å². The second-order valence-corrected chi connectivity index (χ2v) is 4.79. The van der Waals surface area contributed by atoms with Crippen LogP contribution in [0.3, 0.4) is 0 Å². The van der Waals surface area contributed by atoms with Crippen LogP contribution in [0.2, 0.25) is 0 Å². The van der Waals surface area contributed by atoms with Gasteiger partial charge in [0.1, 0.15) is 0 Å². The first-order valence-corrected chi connectivity index (χ1v) is 5.47. The van der Waals surface area contributed by atoms with Crippen LogP contribution in [0, 0.1) is 0 Å². The third kappa shape index (κ3) is 4.37. The largest absolute Gasteiger partial charge is 0.394 e. The van der Waals surface area contributed by atoms with E-state index in [9.17, 15) is 0 Å². The number of hydrogen-bond donors (Lipinski definition) is 1. The van der Waals surface area contributed by atoms with E-state index < -0.39 is 0 Å². The highest BCUT2D eigenvalue weighted by Gasteiger charge is 2.38. The van der Waals surface area contributed by atoms with E-state index in [2.05, 4.69) is 11.9 Å².